The first kappa shape index (κ1) is 30.3. The Labute approximate surface area is 227 Å². The summed E-state index contributed by atoms with van der Waals surface area (Å²) in [6, 6.07) is 16.8. The summed E-state index contributed by atoms with van der Waals surface area (Å²) in [5.74, 6) is -3.27. The lowest BCUT2D eigenvalue weighted by Gasteiger charge is -2.44. The molecule has 3 aromatic rings. The van der Waals surface area contributed by atoms with Gasteiger partial charge in [-0.3, -0.25) is 0 Å². The predicted molar refractivity (Wildman–Crippen MR) is 147 cm³/mol. The van der Waals surface area contributed by atoms with Gasteiger partial charge in [0, 0.05) is 11.4 Å². The molecule has 212 valence electrons. The zero-order valence-electron chi connectivity index (χ0n) is 23.4. The number of nitrogens with zero attached hydrogens (tertiary/aromatic N) is 2. The maximum absolute atomic E-state index is 15.6. The fraction of sp³-hybridized carbons (Fsp3) is 0.467. The fourth-order valence-electron chi connectivity index (χ4n) is 4.76. The topological polar surface area (TPSA) is 49.8 Å². The van der Waals surface area contributed by atoms with Crippen LogP contribution in [0.2, 0.25) is 0 Å². The summed E-state index contributed by atoms with van der Waals surface area (Å²) in [5, 5.41) is 6.41. The molecule has 0 bridgehead atoms. The van der Waals surface area contributed by atoms with Crippen molar-refractivity contribution in [2.45, 2.75) is 78.3 Å². The van der Waals surface area contributed by atoms with Crippen molar-refractivity contribution >= 4 is 23.0 Å². The highest BCUT2D eigenvalue weighted by molar-refractivity contribution is 5.73. The van der Waals surface area contributed by atoms with Crippen molar-refractivity contribution < 1.29 is 22.0 Å². The molecule has 0 spiro atoms. The van der Waals surface area contributed by atoms with E-state index in [4.69, 9.17) is 0 Å². The van der Waals surface area contributed by atoms with E-state index in [9.17, 15) is 13.2 Å². The smallest absolute Gasteiger partial charge is 0.337 e. The van der Waals surface area contributed by atoms with Crippen LogP contribution in [0.1, 0.15) is 72.1 Å². The van der Waals surface area contributed by atoms with Gasteiger partial charge in [-0.05, 0) is 69.7 Å². The Morgan fingerprint density at radius 1 is 0.795 bits per heavy atom. The van der Waals surface area contributed by atoms with E-state index in [-0.39, 0.29) is 23.2 Å². The van der Waals surface area contributed by atoms with Crippen LogP contribution >= 0.6 is 0 Å². The molecule has 0 fully saturated rings. The number of halogens is 5. The Kier molecular flexibility index (Phi) is 8.63. The second-order valence-electron chi connectivity index (χ2n) is 11.2. The first-order chi connectivity index (χ1) is 18.0. The van der Waals surface area contributed by atoms with Gasteiger partial charge in [-0.1, -0.05) is 57.2 Å². The molecule has 1 unspecified atom stereocenters. The monoisotopic (exact) mass is 548 g/mol. The molecule has 2 aromatic carbocycles. The van der Waals surface area contributed by atoms with E-state index in [1.165, 1.54) is 0 Å². The maximum atomic E-state index is 15.6. The molecule has 0 aliphatic rings. The molecule has 39 heavy (non-hydrogen) atoms. The average molecular weight is 549 g/mol. The van der Waals surface area contributed by atoms with E-state index in [0.717, 1.165) is 37.7 Å². The number of alkyl halides is 5. The molecule has 0 radical (unpaired) electrons. The molecule has 1 atom stereocenters. The van der Waals surface area contributed by atoms with Crippen LogP contribution in [0, 0.1) is 11.3 Å². The summed E-state index contributed by atoms with van der Waals surface area (Å²) in [6.07, 6.45) is -3.14. The number of benzene rings is 2. The van der Waals surface area contributed by atoms with Gasteiger partial charge in [0.05, 0.1) is 17.3 Å². The molecule has 0 amide bonds. The normalized spacial score (nSPS) is 13.9. The molecular weight excluding hydrogens is 511 g/mol. The number of rotatable bonds is 10. The SMILES string of the molecule is CCC(c1ccccc1Nc1nc(C(C)(C)C(F)(F)C(C)(C)C(F)(F)F)cnc1Nc1ccccc1)C(C)C. The third-order valence-corrected chi connectivity index (χ3v) is 7.59. The van der Waals surface area contributed by atoms with E-state index in [0.29, 0.717) is 25.5 Å². The third-order valence-electron chi connectivity index (χ3n) is 7.59. The lowest BCUT2D eigenvalue weighted by molar-refractivity contribution is -0.302. The molecule has 0 saturated heterocycles. The predicted octanol–water partition coefficient (Wildman–Crippen LogP) is 9.61. The van der Waals surface area contributed by atoms with Crippen LogP contribution in [0.4, 0.5) is 45.0 Å². The highest BCUT2D eigenvalue weighted by Gasteiger charge is 2.69. The van der Waals surface area contributed by atoms with Crippen LogP contribution in [-0.2, 0) is 5.41 Å². The Hall–Kier alpha value is -3.23. The Morgan fingerprint density at radius 3 is 1.95 bits per heavy atom. The maximum Gasteiger partial charge on any atom is 0.399 e. The molecular formula is C30H37F5N4. The number of aromatic nitrogens is 2. The highest BCUT2D eigenvalue weighted by Crippen LogP contribution is 2.56. The minimum absolute atomic E-state index is 0.135. The summed E-state index contributed by atoms with van der Waals surface area (Å²) in [7, 11) is 0. The largest absolute Gasteiger partial charge is 0.399 e. The van der Waals surface area contributed by atoms with Crippen LogP contribution in [0.25, 0.3) is 0 Å². The summed E-state index contributed by atoms with van der Waals surface area (Å²) >= 11 is 0. The Balaban J connectivity index is 2.16. The number of hydrogen-bond donors (Lipinski definition) is 2. The van der Waals surface area contributed by atoms with Crippen molar-refractivity contribution in [3.63, 3.8) is 0 Å². The Bertz CT molecular complexity index is 1250. The molecule has 4 nitrogen and oxygen atoms in total. The quantitative estimate of drug-likeness (QED) is 0.248. The molecule has 1 heterocycles. The van der Waals surface area contributed by atoms with Gasteiger partial charge in [0.1, 0.15) is 5.41 Å². The van der Waals surface area contributed by atoms with Gasteiger partial charge < -0.3 is 10.6 Å². The first-order valence-corrected chi connectivity index (χ1v) is 13.0. The lowest BCUT2D eigenvalue weighted by Crippen LogP contribution is -2.57. The molecule has 1 aromatic heterocycles. The second kappa shape index (κ2) is 11.1. The van der Waals surface area contributed by atoms with Gasteiger partial charge in [-0.15, -0.1) is 0 Å². The highest BCUT2D eigenvalue weighted by atomic mass is 19.4. The van der Waals surface area contributed by atoms with Gasteiger partial charge in [0.25, 0.3) is 5.92 Å². The van der Waals surface area contributed by atoms with E-state index in [2.05, 4.69) is 41.4 Å². The van der Waals surface area contributed by atoms with E-state index >= 15 is 8.78 Å². The van der Waals surface area contributed by atoms with Crippen molar-refractivity contribution in [2.75, 3.05) is 10.6 Å². The van der Waals surface area contributed by atoms with E-state index in [1.54, 1.807) is 0 Å². The molecule has 0 saturated carbocycles. The number of para-hydroxylation sites is 2. The van der Waals surface area contributed by atoms with Crippen molar-refractivity contribution in [1.29, 1.82) is 0 Å². The molecule has 0 aliphatic heterocycles. The lowest BCUT2D eigenvalue weighted by atomic mass is 9.69. The van der Waals surface area contributed by atoms with Crippen LogP contribution in [0.5, 0.6) is 0 Å². The van der Waals surface area contributed by atoms with Crippen LogP contribution < -0.4 is 10.6 Å². The number of anilines is 4. The van der Waals surface area contributed by atoms with Crippen LogP contribution in [0.15, 0.2) is 60.8 Å². The fourth-order valence-corrected chi connectivity index (χ4v) is 4.76. The minimum atomic E-state index is -5.14. The average Bonchev–Trinajstić information content (AvgIpc) is 2.86. The third kappa shape index (κ3) is 5.87. The van der Waals surface area contributed by atoms with E-state index < -0.39 is 22.9 Å². The summed E-state index contributed by atoms with van der Waals surface area (Å²) in [6.45, 7) is 9.51. The van der Waals surface area contributed by atoms with Crippen molar-refractivity contribution in [3.05, 3.63) is 72.1 Å². The van der Waals surface area contributed by atoms with Crippen molar-refractivity contribution in [3.8, 4) is 0 Å². The van der Waals surface area contributed by atoms with Gasteiger partial charge in [-0.2, -0.15) is 13.2 Å². The van der Waals surface area contributed by atoms with Crippen molar-refractivity contribution in [1.82, 2.24) is 9.97 Å². The van der Waals surface area contributed by atoms with Crippen LogP contribution in [-0.4, -0.2) is 22.1 Å². The zero-order chi connectivity index (χ0) is 29.2. The summed E-state index contributed by atoms with van der Waals surface area (Å²) in [5.41, 5.74) is -3.44. The zero-order valence-corrected chi connectivity index (χ0v) is 23.4. The Morgan fingerprint density at radius 2 is 1.38 bits per heavy atom. The molecule has 0 aliphatic carbocycles. The number of hydrogen-bond acceptors (Lipinski definition) is 4. The standard InChI is InChI=1S/C30H37F5N4/c1-8-21(19(2)3)22-16-12-13-17-23(22)38-26-25(37-20-14-10-9-11-15-20)36-18-24(39-26)27(4,5)29(31,32)28(6,7)30(33,34)35/h9-19,21H,8H2,1-7H3,(H,36,37)(H,38,39). The summed E-state index contributed by atoms with van der Waals surface area (Å²) in [4.78, 5) is 8.86. The van der Waals surface area contributed by atoms with Crippen molar-refractivity contribution in [2.24, 2.45) is 11.3 Å². The van der Waals surface area contributed by atoms with Gasteiger partial charge in [0.2, 0.25) is 0 Å². The second-order valence-corrected chi connectivity index (χ2v) is 11.2. The van der Waals surface area contributed by atoms with Gasteiger partial charge in [-0.25, -0.2) is 18.7 Å². The van der Waals surface area contributed by atoms with Gasteiger partial charge >= 0.3 is 6.18 Å². The number of nitrogens with one attached hydrogen (secondary N) is 2. The first-order valence-electron chi connectivity index (χ1n) is 13.0. The van der Waals surface area contributed by atoms with E-state index in [1.807, 2.05) is 54.6 Å². The molecule has 2 N–H and O–H groups in total. The molecule has 9 heteroatoms. The van der Waals surface area contributed by atoms with Crippen LogP contribution in [0.3, 0.4) is 0 Å². The minimum Gasteiger partial charge on any atom is -0.337 e. The summed E-state index contributed by atoms with van der Waals surface area (Å²) < 4.78 is 72.5. The van der Waals surface area contributed by atoms with Gasteiger partial charge in [0.15, 0.2) is 11.6 Å². The molecule has 3 rings (SSSR count).